The van der Waals surface area contributed by atoms with Crippen LogP contribution in [0.5, 0.6) is 5.88 Å². The van der Waals surface area contributed by atoms with E-state index in [4.69, 9.17) is 4.99 Å². The highest BCUT2D eigenvalue weighted by Crippen LogP contribution is 2.37. The number of rotatable bonds is 3. The quantitative estimate of drug-likeness (QED) is 0.607. The van der Waals surface area contributed by atoms with Crippen molar-refractivity contribution in [3.8, 4) is 5.88 Å². The van der Waals surface area contributed by atoms with E-state index in [0.29, 0.717) is 6.54 Å². The Morgan fingerprint density at radius 1 is 1.14 bits per heavy atom. The minimum absolute atomic E-state index is 0.251. The van der Waals surface area contributed by atoms with Crippen LogP contribution >= 0.6 is 11.3 Å². The van der Waals surface area contributed by atoms with Crippen LogP contribution < -0.4 is 4.80 Å². The topological polar surface area (TPSA) is 49.9 Å². The normalized spacial score (nSPS) is 15.2. The number of nitrogens with zero attached hydrogens (tertiary/aromatic N) is 3. The van der Waals surface area contributed by atoms with Crippen molar-refractivity contribution in [2.24, 2.45) is 9.98 Å². The molecule has 28 heavy (non-hydrogen) atoms. The Morgan fingerprint density at radius 2 is 1.93 bits per heavy atom. The molecule has 1 aliphatic rings. The summed E-state index contributed by atoms with van der Waals surface area (Å²) >= 11 is 1.50. The van der Waals surface area contributed by atoms with E-state index in [9.17, 15) is 5.11 Å². The second kappa shape index (κ2) is 7.24. The van der Waals surface area contributed by atoms with Crippen LogP contribution in [0, 0.1) is 13.8 Å². The first kappa shape index (κ1) is 18.4. The summed E-state index contributed by atoms with van der Waals surface area (Å²) in [5.41, 5.74) is 7.32. The van der Waals surface area contributed by atoms with Crippen LogP contribution in [0.2, 0.25) is 0 Å². The molecule has 0 fully saturated rings. The summed E-state index contributed by atoms with van der Waals surface area (Å²) in [7, 11) is 0. The lowest BCUT2D eigenvalue weighted by molar-refractivity contribution is 0.416. The molecule has 0 bridgehead atoms. The first-order chi connectivity index (χ1) is 13.5. The summed E-state index contributed by atoms with van der Waals surface area (Å²) in [5, 5.41) is 10.8. The van der Waals surface area contributed by atoms with Gasteiger partial charge in [0.05, 0.1) is 16.3 Å². The van der Waals surface area contributed by atoms with Gasteiger partial charge in [-0.25, -0.2) is 4.99 Å². The van der Waals surface area contributed by atoms with Crippen LogP contribution in [0.15, 0.2) is 52.4 Å². The summed E-state index contributed by atoms with van der Waals surface area (Å²) in [6, 6.07) is 14.3. The molecule has 4 rings (SSSR count). The van der Waals surface area contributed by atoms with Crippen molar-refractivity contribution < 1.29 is 5.11 Å². The number of aromatic hydroxyl groups is 1. The highest BCUT2D eigenvalue weighted by molar-refractivity contribution is 7.10. The van der Waals surface area contributed by atoms with Gasteiger partial charge in [-0.05, 0) is 57.0 Å². The molecule has 0 atom stereocenters. The Hall–Kier alpha value is -2.92. The lowest BCUT2D eigenvalue weighted by atomic mass is 10.0. The molecular weight excluding hydrogens is 366 g/mol. The maximum absolute atomic E-state index is 10.8. The number of hydrogen-bond donors (Lipinski definition) is 1. The Kier molecular flexibility index (Phi) is 4.77. The van der Waals surface area contributed by atoms with Gasteiger partial charge in [0.25, 0.3) is 0 Å². The second-order valence-corrected chi connectivity index (χ2v) is 8.00. The third kappa shape index (κ3) is 3.22. The third-order valence-electron chi connectivity index (χ3n) is 4.95. The molecule has 1 N–H and O–H groups in total. The van der Waals surface area contributed by atoms with Crippen molar-refractivity contribution in [1.29, 1.82) is 0 Å². The van der Waals surface area contributed by atoms with E-state index < -0.39 is 0 Å². The van der Waals surface area contributed by atoms with Crippen molar-refractivity contribution in [2.75, 3.05) is 0 Å². The predicted molar refractivity (Wildman–Crippen MR) is 118 cm³/mol. The molecule has 142 valence electrons. The predicted octanol–water partition coefficient (Wildman–Crippen LogP) is 5.77. The first-order valence-corrected chi connectivity index (χ1v) is 10.2. The van der Waals surface area contributed by atoms with Gasteiger partial charge in [-0.3, -0.25) is 9.56 Å². The zero-order chi connectivity index (χ0) is 19.8. The number of aryl methyl sites for hydroxylation is 2. The average Bonchev–Trinajstić information content (AvgIpc) is 3.15. The fourth-order valence-electron chi connectivity index (χ4n) is 3.38. The van der Waals surface area contributed by atoms with Gasteiger partial charge < -0.3 is 5.11 Å². The lowest BCUT2D eigenvalue weighted by Crippen LogP contribution is -2.12. The van der Waals surface area contributed by atoms with Gasteiger partial charge in [-0.15, -0.1) is 0 Å². The van der Waals surface area contributed by atoms with Crippen molar-refractivity contribution in [2.45, 2.75) is 34.2 Å². The molecule has 0 aliphatic carbocycles. The fraction of sp³-hybridized carbons (Fsp3) is 0.217. The summed E-state index contributed by atoms with van der Waals surface area (Å²) in [5.74, 6) is 0.251. The lowest BCUT2D eigenvalue weighted by Gasteiger charge is -2.03. The van der Waals surface area contributed by atoms with Crippen LogP contribution in [0.4, 0.5) is 11.4 Å². The SMILES string of the molecule is CCn1c(O)c(C=C2C(C)=Nc3ccccc32)sc1=Nc1cc(C)ccc1C. The monoisotopic (exact) mass is 389 g/mol. The Balaban J connectivity index is 1.86. The molecule has 0 radical (unpaired) electrons. The number of aromatic nitrogens is 1. The molecule has 0 unspecified atom stereocenters. The molecule has 5 heteroatoms. The van der Waals surface area contributed by atoms with E-state index in [1.165, 1.54) is 16.9 Å². The van der Waals surface area contributed by atoms with Gasteiger partial charge in [-0.1, -0.05) is 41.7 Å². The fourth-order valence-corrected chi connectivity index (χ4v) is 4.42. The molecule has 2 heterocycles. The maximum Gasteiger partial charge on any atom is 0.211 e. The number of aliphatic imine (C=N–C) groups is 1. The summed E-state index contributed by atoms with van der Waals surface area (Å²) in [4.78, 5) is 11.1. The highest BCUT2D eigenvalue weighted by atomic mass is 32.1. The van der Waals surface area contributed by atoms with E-state index in [2.05, 4.69) is 43.1 Å². The van der Waals surface area contributed by atoms with Crippen LogP contribution in [0.3, 0.4) is 0 Å². The molecule has 3 aromatic rings. The highest BCUT2D eigenvalue weighted by Gasteiger charge is 2.19. The maximum atomic E-state index is 10.8. The van der Waals surface area contributed by atoms with E-state index in [1.54, 1.807) is 0 Å². The second-order valence-electron chi connectivity index (χ2n) is 6.99. The largest absolute Gasteiger partial charge is 0.493 e. The number of benzene rings is 2. The van der Waals surface area contributed by atoms with E-state index in [1.807, 2.05) is 42.7 Å². The standard InChI is InChI=1S/C23H23N3OS/c1-5-26-22(27)21(13-18-16(4)24-19-9-7-6-8-17(18)19)28-23(26)25-20-12-14(2)10-11-15(20)3/h6-13,27H,5H2,1-4H3. The van der Waals surface area contributed by atoms with Crippen LogP contribution in [0.25, 0.3) is 11.6 Å². The third-order valence-corrected chi connectivity index (χ3v) is 5.97. The molecule has 0 saturated carbocycles. The molecule has 0 amide bonds. The molecule has 2 aromatic carbocycles. The van der Waals surface area contributed by atoms with Gasteiger partial charge in [0.15, 0.2) is 4.80 Å². The number of fused-ring (bicyclic) bond motifs is 1. The van der Waals surface area contributed by atoms with Crippen LogP contribution in [-0.4, -0.2) is 15.4 Å². The van der Waals surface area contributed by atoms with E-state index in [0.717, 1.165) is 43.5 Å². The summed E-state index contributed by atoms with van der Waals surface area (Å²) < 4.78 is 1.85. The number of allylic oxidation sites excluding steroid dienone is 1. The molecule has 0 saturated heterocycles. The minimum Gasteiger partial charge on any atom is -0.493 e. The van der Waals surface area contributed by atoms with Gasteiger partial charge in [0.2, 0.25) is 5.88 Å². The van der Waals surface area contributed by atoms with Crippen LogP contribution in [0.1, 0.15) is 35.4 Å². The average molecular weight is 390 g/mol. The van der Waals surface area contributed by atoms with Crippen molar-refractivity contribution in [1.82, 2.24) is 4.57 Å². The first-order valence-electron chi connectivity index (χ1n) is 9.39. The minimum atomic E-state index is 0.251. The van der Waals surface area contributed by atoms with Gasteiger partial charge in [-0.2, -0.15) is 0 Å². The Labute approximate surface area is 168 Å². The van der Waals surface area contributed by atoms with Crippen molar-refractivity contribution in [3.63, 3.8) is 0 Å². The number of para-hydroxylation sites is 1. The zero-order valence-electron chi connectivity index (χ0n) is 16.5. The number of thiazole rings is 1. The Morgan fingerprint density at radius 3 is 2.71 bits per heavy atom. The van der Waals surface area contributed by atoms with Gasteiger partial charge in [0, 0.05) is 23.4 Å². The van der Waals surface area contributed by atoms with Gasteiger partial charge in [0.1, 0.15) is 0 Å². The summed E-state index contributed by atoms with van der Waals surface area (Å²) in [6.45, 7) is 8.79. The summed E-state index contributed by atoms with van der Waals surface area (Å²) in [6.07, 6.45) is 2.03. The molecule has 0 spiro atoms. The van der Waals surface area contributed by atoms with Crippen molar-refractivity contribution >= 4 is 40.1 Å². The molecular formula is C23H23N3OS. The van der Waals surface area contributed by atoms with Crippen LogP contribution in [-0.2, 0) is 6.54 Å². The Bertz CT molecular complexity index is 1190. The molecule has 1 aromatic heterocycles. The zero-order valence-corrected chi connectivity index (χ0v) is 17.3. The van der Waals surface area contributed by atoms with E-state index in [-0.39, 0.29) is 5.88 Å². The van der Waals surface area contributed by atoms with E-state index >= 15 is 0 Å². The smallest absolute Gasteiger partial charge is 0.211 e. The molecule has 4 nitrogen and oxygen atoms in total. The molecule has 1 aliphatic heterocycles. The van der Waals surface area contributed by atoms with Crippen molar-refractivity contribution in [3.05, 3.63) is 68.8 Å². The van der Waals surface area contributed by atoms with Gasteiger partial charge >= 0.3 is 0 Å². The number of hydrogen-bond acceptors (Lipinski definition) is 4.